The van der Waals surface area contributed by atoms with Crippen LogP contribution in [0.1, 0.15) is 42.9 Å². The molecule has 2 fully saturated rings. The monoisotopic (exact) mass is 693 g/mol. The number of ether oxygens (including phenoxy) is 4. The number of piperazine rings is 1. The number of hydrogen-bond acceptors (Lipinski definition) is 7. The van der Waals surface area contributed by atoms with Crippen molar-refractivity contribution >= 4 is 40.6 Å². The van der Waals surface area contributed by atoms with Crippen LogP contribution >= 0.6 is 23.2 Å². The van der Waals surface area contributed by atoms with Gasteiger partial charge >= 0.3 is 0 Å². The summed E-state index contributed by atoms with van der Waals surface area (Å²) in [7, 11) is 3.22. The van der Waals surface area contributed by atoms with Crippen molar-refractivity contribution in [1.29, 1.82) is 0 Å². The Morgan fingerprint density at radius 1 is 0.917 bits per heavy atom. The van der Waals surface area contributed by atoms with Crippen LogP contribution in [0, 0.1) is 6.92 Å². The van der Waals surface area contributed by atoms with Crippen LogP contribution in [0.4, 0.5) is 0 Å². The second-order valence-corrected chi connectivity index (χ2v) is 13.4. The van der Waals surface area contributed by atoms with Crippen molar-refractivity contribution in [2.45, 2.75) is 57.8 Å². The zero-order chi connectivity index (χ0) is 33.9. The Hall–Kier alpha value is -3.92. The molecule has 2 aliphatic heterocycles. The molecule has 0 aromatic heterocycles. The van der Waals surface area contributed by atoms with Gasteiger partial charge in [0.1, 0.15) is 19.0 Å². The molecule has 1 saturated heterocycles. The van der Waals surface area contributed by atoms with E-state index in [-0.39, 0.29) is 36.5 Å². The average molecular weight is 695 g/mol. The molecule has 2 amide bonds. The molecule has 48 heavy (non-hydrogen) atoms. The quantitative estimate of drug-likeness (QED) is 0.222. The Bertz CT molecular complexity index is 1680. The number of nitrogens with zero attached hydrogens (tertiary/aromatic N) is 2. The summed E-state index contributed by atoms with van der Waals surface area (Å²) in [4.78, 5) is 31.0. The molecule has 2 heterocycles. The first kappa shape index (κ1) is 34.0. The first-order valence-corrected chi connectivity index (χ1v) is 17.0. The minimum absolute atomic E-state index is 0.00506. The average Bonchev–Trinajstić information content (AvgIpc) is 3.91. The highest BCUT2D eigenvalue weighted by Crippen LogP contribution is 2.39. The Balaban J connectivity index is 1.23. The molecule has 254 valence electrons. The lowest BCUT2D eigenvalue weighted by Crippen LogP contribution is -2.61. The van der Waals surface area contributed by atoms with E-state index in [1.54, 1.807) is 21.1 Å². The summed E-state index contributed by atoms with van der Waals surface area (Å²) in [5.41, 5.74) is 4.62. The molecule has 11 heteroatoms. The van der Waals surface area contributed by atoms with E-state index in [1.807, 2.05) is 71.3 Å². The predicted molar refractivity (Wildman–Crippen MR) is 186 cm³/mol. The fourth-order valence-corrected chi connectivity index (χ4v) is 7.29. The third kappa shape index (κ3) is 7.53. The van der Waals surface area contributed by atoms with Gasteiger partial charge < -0.3 is 34.1 Å². The summed E-state index contributed by atoms with van der Waals surface area (Å²) in [5, 5.41) is 4.58. The normalized spacial score (nSPS) is 18.8. The van der Waals surface area contributed by atoms with Crippen molar-refractivity contribution in [2.24, 2.45) is 0 Å². The van der Waals surface area contributed by atoms with Crippen LogP contribution in [-0.2, 0) is 16.1 Å². The molecule has 2 atom stereocenters. The van der Waals surface area contributed by atoms with Gasteiger partial charge in [0, 0.05) is 44.2 Å². The molecule has 0 radical (unpaired) electrons. The summed E-state index contributed by atoms with van der Waals surface area (Å²) in [6, 6.07) is 17.2. The SMILES string of the molecule is COc1ccc(CN(C(=O)C2=C(c3ccc(OCCOc4c(Cl)cc(C)cc4Cl)cc3)CC3CN(C(C)=O)CC2N3)C2CC2)cc1OC. The molecular formula is C37H41Cl2N3O6. The van der Waals surface area contributed by atoms with Gasteiger partial charge in [0.2, 0.25) is 5.91 Å². The smallest absolute Gasteiger partial charge is 0.252 e. The third-order valence-electron chi connectivity index (χ3n) is 9.07. The van der Waals surface area contributed by atoms with Crippen molar-refractivity contribution in [3.8, 4) is 23.0 Å². The van der Waals surface area contributed by atoms with Crippen LogP contribution in [0.5, 0.6) is 23.0 Å². The van der Waals surface area contributed by atoms with Gasteiger partial charge in [-0.25, -0.2) is 0 Å². The number of rotatable bonds is 12. The molecule has 1 saturated carbocycles. The van der Waals surface area contributed by atoms with Gasteiger partial charge in [-0.2, -0.15) is 0 Å². The molecule has 1 aliphatic carbocycles. The Kier molecular flexibility index (Phi) is 10.4. The van der Waals surface area contributed by atoms with E-state index in [9.17, 15) is 9.59 Å². The Labute approximate surface area is 291 Å². The summed E-state index contributed by atoms with van der Waals surface area (Å²) in [6.07, 6.45) is 2.54. The van der Waals surface area contributed by atoms with Crippen LogP contribution < -0.4 is 24.3 Å². The molecular weight excluding hydrogens is 653 g/mol. The van der Waals surface area contributed by atoms with Gasteiger partial charge in [0.15, 0.2) is 17.2 Å². The fraction of sp³-hybridized carbons (Fsp3) is 0.405. The number of amides is 2. The molecule has 9 nitrogen and oxygen atoms in total. The van der Waals surface area contributed by atoms with Gasteiger partial charge in [-0.1, -0.05) is 41.4 Å². The molecule has 0 spiro atoms. The predicted octanol–water partition coefficient (Wildman–Crippen LogP) is 6.31. The van der Waals surface area contributed by atoms with E-state index in [1.165, 1.54) is 0 Å². The van der Waals surface area contributed by atoms with E-state index in [4.69, 9.17) is 42.1 Å². The zero-order valence-corrected chi connectivity index (χ0v) is 29.2. The Morgan fingerprint density at radius 2 is 1.60 bits per heavy atom. The summed E-state index contributed by atoms with van der Waals surface area (Å²) >= 11 is 12.6. The van der Waals surface area contributed by atoms with Crippen LogP contribution in [-0.4, -0.2) is 80.3 Å². The topological polar surface area (TPSA) is 89.6 Å². The maximum Gasteiger partial charge on any atom is 0.252 e. The second-order valence-electron chi connectivity index (χ2n) is 12.6. The van der Waals surface area contributed by atoms with Gasteiger partial charge in [-0.05, 0) is 84.8 Å². The highest BCUT2D eigenvalue weighted by atomic mass is 35.5. The summed E-state index contributed by atoms with van der Waals surface area (Å²) < 4.78 is 22.7. The maximum absolute atomic E-state index is 14.7. The molecule has 3 aromatic carbocycles. The lowest BCUT2D eigenvalue weighted by Gasteiger charge is -2.44. The van der Waals surface area contributed by atoms with E-state index in [0.29, 0.717) is 65.7 Å². The number of carbonyl (C=O) groups excluding carboxylic acids is 2. The number of aryl methyl sites for hydroxylation is 1. The number of carbonyl (C=O) groups is 2. The molecule has 6 rings (SSSR count). The maximum atomic E-state index is 14.7. The minimum Gasteiger partial charge on any atom is -0.493 e. The molecule has 1 N–H and O–H groups in total. The molecule has 3 aromatic rings. The molecule has 3 aliphatic rings. The van der Waals surface area contributed by atoms with Crippen LogP contribution in [0.3, 0.4) is 0 Å². The highest BCUT2D eigenvalue weighted by Gasteiger charge is 2.43. The molecule has 2 bridgehead atoms. The third-order valence-corrected chi connectivity index (χ3v) is 9.64. The van der Waals surface area contributed by atoms with Crippen LogP contribution in [0.15, 0.2) is 60.2 Å². The fourth-order valence-electron chi connectivity index (χ4n) is 6.59. The first-order chi connectivity index (χ1) is 23.1. The van der Waals surface area contributed by atoms with Crippen LogP contribution in [0.25, 0.3) is 5.57 Å². The van der Waals surface area contributed by atoms with Crippen molar-refractivity contribution < 1.29 is 28.5 Å². The highest BCUT2D eigenvalue weighted by molar-refractivity contribution is 6.37. The Morgan fingerprint density at radius 3 is 2.25 bits per heavy atom. The molecule has 2 unspecified atom stereocenters. The van der Waals surface area contributed by atoms with Gasteiger partial charge in [0.25, 0.3) is 5.91 Å². The first-order valence-electron chi connectivity index (χ1n) is 16.2. The van der Waals surface area contributed by atoms with E-state index in [2.05, 4.69) is 5.32 Å². The number of hydrogen-bond donors (Lipinski definition) is 1. The van der Waals surface area contributed by atoms with E-state index < -0.39 is 0 Å². The van der Waals surface area contributed by atoms with Crippen LogP contribution in [0.2, 0.25) is 10.0 Å². The van der Waals surface area contributed by atoms with Crippen molar-refractivity contribution in [3.63, 3.8) is 0 Å². The zero-order valence-electron chi connectivity index (χ0n) is 27.7. The van der Waals surface area contributed by atoms with Gasteiger partial charge in [-0.3, -0.25) is 9.59 Å². The summed E-state index contributed by atoms with van der Waals surface area (Å²) in [5.74, 6) is 2.41. The van der Waals surface area contributed by atoms with Crippen molar-refractivity contribution in [2.75, 3.05) is 40.5 Å². The minimum atomic E-state index is -0.274. The lowest BCUT2D eigenvalue weighted by molar-refractivity contribution is -0.132. The van der Waals surface area contributed by atoms with E-state index in [0.717, 1.165) is 40.7 Å². The standard InChI is InChI=1S/C37H41Cl2N3O6/c1-22-15-30(38)36(31(39)16-22)48-14-13-47-28-10-6-25(7-11-28)29-18-26-20-41(23(2)43)21-32(40-26)35(29)37(44)42(27-8-9-27)19-24-5-12-33(45-3)34(17-24)46-4/h5-7,10-12,15-17,26-27,32,40H,8-9,13-14,18-21H2,1-4H3. The van der Waals surface area contributed by atoms with E-state index >= 15 is 0 Å². The van der Waals surface area contributed by atoms with Crippen molar-refractivity contribution in [3.05, 3.63) is 86.9 Å². The number of benzene rings is 3. The number of fused-ring (bicyclic) bond motifs is 2. The number of methoxy groups -OCH3 is 2. The lowest BCUT2D eigenvalue weighted by atomic mass is 9.82. The van der Waals surface area contributed by atoms with Gasteiger partial charge in [-0.15, -0.1) is 0 Å². The van der Waals surface area contributed by atoms with Gasteiger partial charge in [0.05, 0.1) is 30.3 Å². The second kappa shape index (κ2) is 14.7. The van der Waals surface area contributed by atoms with Crippen molar-refractivity contribution in [1.82, 2.24) is 15.1 Å². The summed E-state index contributed by atoms with van der Waals surface area (Å²) in [6.45, 7) is 5.58. The largest absolute Gasteiger partial charge is 0.493 e. The number of nitrogens with one attached hydrogen (secondary N) is 1. The number of halogens is 2.